The normalized spacial score (nSPS) is 10.8. The van der Waals surface area contributed by atoms with Crippen LogP contribution in [0.2, 0.25) is 5.15 Å². The average molecular weight is 298 g/mol. The molecule has 0 atom stereocenters. The molecule has 0 amide bonds. The molecule has 0 saturated heterocycles. The summed E-state index contributed by atoms with van der Waals surface area (Å²) in [6.45, 7) is 2.44. The average Bonchev–Trinajstić information content (AvgIpc) is 2.89. The van der Waals surface area contributed by atoms with Crippen LogP contribution < -0.4 is 5.73 Å². The van der Waals surface area contributed by atoms with Crippen molar-refractivity contribution in [2.75, 3.05) is 0 Å². The minimum absolute atomic E-state index is 0.349. The Labute approximate surface area is 129 Å². The van der Waals surface area contributed by atoms with Gasteiger partial charge in [-0.2, -0.15) is 0 Å². The van der Waals surface area contributed by atoms with E-state index < -0.39 is 0 Å². The van der Waals surface area contributed by atoms with Gasteiger partial charge in [-0.3, -0.25) is 4.57 Å². The van der Waals surface area contributed by atoms with E-state index in [1.54, 1.807) is 6.20 Å². The lowest BCUT2D eigenvalue weighted by atomic mass is 9.99. The molecule has 0 aliphatic rings. The fraction of sp³-hybridized carbons (Fsp3) is 0.118. The SMILES string of the molecule is Cc1c(-c2ccccc2)cccc1-n1c(Cl)cnc1CN. The lowest BCUT2D eigenvalue weighted by Crippen LogP contribution is -2.08. The molecule has 3 rings (SSSR count). The van der Waals surface area contributed by atoms with E-state index >= 15 is 0 Å². The Kier molecular flexibility index (Phi) is 3.78. The standard InChI is InChI=1S/C17H16ClN3/c1-12-14(13-6-3-2-4-7-13)8-5-9-15(12)21-16(18)11-20-17(21)10-19/h2-9,11H,10,19H2,1H3. The molecule has 0 spiro atoms. The summed E-state index contributed by atoms with van der Waals surface area (Å²) in [6.07, 6.45) is 1.64. The second-order valence-corrected chi connectivity index (χ2v) is 5.24. The second kappa shape index (κ2) is 5.72. The van der Waals surface area contributed by atoms with Crippen LogP contribution in [-0.4, -0.2) is 9.55 Å². The van der Waals surface area contributed by atoms with E-state index in [0.717, 1.165) is 17.1 Å². The van der Waals surface area contributed by atoms with Crippen LogP contribution in [0.4, 0.5) is 0 Å². The summed E-state index contributed by atoms with van der Waals surface area (Å²) in [7, 11) is 0. The number of benzene rings is 2. The Morgan fingerprint density at radius 2 is 1.86 bits per heavy atom. The van der Waals surface area contributed by atoms with Gasteiger partial charge in [0.2, 0.25) is 0 Å². The molecule has 1 aromatic heterocycles. The summed E-state index contributed by atoms with van der Waals surface area (Å²) in [5.74, 6) is 0.758. The third-order valence-corrected chi connectivity index (χ3v) is 3.87. The zero-order valence-corrected chi connectivity index (χ0v) is 12.5. The highest BCUT2D eigenvalue weighted by atomic mass is 35.5. The molecule has 0 fully saturated rings. The molecule has 3 nitrogen and oxygen atoms in total. The molecule has 21 heavy (non-hydrogen) atoms. The van der Waals surface area contributed by atoms with Gasteiger partial charge in [-0.15, -0.1) is 0 Å². The summed E-state index contributed by atoms with van der Waals surface area (Å²) in [6, 6.07) is 16.5. The van der Waals surface area contributed by atoms with Crippen molar-refractivity contribution in [3.63, 3.8) is 0 Å². The first-order valence-electron chi connectivity index (χ1n) is 6.80. The Hall–Kier alpha value is -2.10. The van der Waals surface area contributed by atoms with Crippen molar-refractivity contribution in [1.82, 2.24) is 9.55 Å². The lowest BCUT2D eigenvalue weighted by molar-refractivity contribution is 0.864. The predicted molar refractivity (Wildman–Crippen MR) is 86.6 cm³/mol. The van der Waals surface area contributed by atoms with Gasteiger partial charge in [0.15, 0.2) is 0 Å². The Bertz CT molecular complexity index is 763. The molecular formula is C17H16ClN3. The molecule has 0 bridgehead atoms. The van der Waals surface area contributed by atoms with Crippen molar-refractivity contribution in [2.45, 2.75) is 13.5 Å². The molecule has 4 heteroatoms. The van der Waals surface area contributed by atoms with Crippen LogP contribution in [0.1, 0.15) is 11.4 Å². The first-order valence-corrected chi connectivity index (χ1v) is 7.17. The van der Waals surface area contributed by atoms with Gasteiger partial charge >= 0.3 is 0 Å². The quantitative estimate of drug-likeness (QED) is 0.795. The fourth-order valence-electron chi connectivity index (χ4n) is 2.56. The van der Waals surface area contributed by atoms with Crippen molar-refractivity contribution >= 4 is 11.6 Å². The van der Waals surface area contributed by atoms with Gasteiger partial charge in [0, 0.05) is 0 Å². The minimum Gasteiger partial charge on any atom is -0.324 e. The minimum atomic E-state index is 0.349. The molecule has 0 aliphatic carbocycles. The molecule has 1 heterocycles. The number of hydrogen-bond acceptors (Lipinski definition) is 2. The topological polar surface area (TPSA) is 43.8 Å². The van der Waals surface area contributed by atoms with Crippen LogP contribution in [0.25, 0.3) is 16.8 Å². The van der Waals surface area contributed by atoms with Crippen LogP contribution in [0, 0.1) is 6.92 Å². The van der Waals surface area contributed by atoms with Gasteiger partial charge in [0.05, 0.1) is 18.4 Å². The molecule has 2 aromatic carbocycles. The van der Waals surface area contributed by atoms with Crippen LogP contribution in [0.5, 0.6) is 0 Å². The van der Waals surface area contributed by atoms with Gasteiger partial charge in [-0.1, -0.05) is 54.1 Å². The maximum atomic E-state index is 6.27. The van der Waals surface area contributed by atoms with Crippen molar-refractivity contribution in [3.8, 4) is 16.8 Å². The third-order valence-electron chi connectivity index (χ3n) is 3.61. The van der Waals surface area contributed by atoms with E-state index in [1.807, 2.05) is 34.9 Å². The maximum absolute atomic E-state index is 6.27. The summed E-state index contributed by atoms with van der Waals surface area (Å²) >= 11 is 6.27. The highest BCUT2D eigenvalue weighted by Crippen LogP contribution is 2.30. The largest absolute Gasteiger partial charge is 0.324 e. The first-order chi connectivity index (χ1) is 10.2. The monoisotopic (exact) mass is 297 g/mol. The van der Waals surface area contributed by atoms with Crippen molar-refractivity contribution < 1.29 is 0 Å². The lowest BCUT2D eigenvalue weighted by Gasteiger charge is -2.15. The van der Waals surface area contributed by atoms with E-state index in [1.165, 1.54) is 11.1 Å². The number of nitrogens with zero attached hydrogens (tertiary/aromatic N) is 2. The zero-order valence-electron chi connectivity index (χ0n) is 11.8. The van der Waals surface area contributed by atoms with Crippen LogP contribution in [0.15, 0.2) is 54.7 Å². The van der Waals surface area contributed by atoms with Gasteiger partial charge in [0.1, 0.15) is 11.0 Å². The van der Waals surface area contributed by atoms with Gasteiger partial charge in [0.25, 0.3) is 0 Å². The summed E-state index contributed by atoms with van der Waals surface area (Å²) < 4.78 is 1.91. The van der Waals surface area contributed by atoms with Crippen molar-refractivity contribution in [3.05, 3.63) is 71.3 Å². The number of imidazole rings is 1. The summed E-state index contributed by atoms with van der Waals surface area (Å²) in [5, 5.41) is 0.573. The molecule has 0 saturated carbocycles. The smallest absolute Gasteiger partial charge is 0.133 e. The first kappa shape index (κ1) is 13.9. The Balaban J connectivity index is 2.20. The maximum Gasteiger partial charge on any atom is 0.133 e. The Morgan fingerprint density at radius 3 is 2.57 bits per heavy atom. The Morgan fingerprint density at radius 1 is 1.10 bits per heavy atom. The fourth-order valence-corrected chi connectivity index (χ4v) is 2.80. The van der Waals surface area contributed by atoms with E-state index in [2.05, 4.69) is 30.1 Å². The molecule has 0 aliphatic heterocycles. The van der Waals surface area contributed by atoms with E-state index in [9.17, 15) is 0 Å². The molecule has 0 radical (unpaired) electrons. The van der Waals surface area contributed by atoms with Crippen molar-refractivity contribution in [2.24, 2.45) is 5.73 Å². The number of aromatic nitrogens is 2. The number of nitrogens with two attached hydrogens (primary N) is 1. The number of rotatable bonds is 3. The van der Waals surface area contributed by atoms with E-state index in [-0.39, 0.29) is 0 Å². The summed E-state index contributed by atoms with van der Waals surface area (Å²) in [4.78, 5) is 4.26. The molecule has 2 N–H and O–H groups in total. The van der Waals surface area contributed by atoms with Crippen molar-refractivity contribution in [1.29, 1.82) is 0 Å². The summed E-state index contributed by atoms with van der Waals surface area (Å²) in [5.41, 5.74) is 10.3. The number of halogens is 1. The highest BCUT2D eigenvalue weighted by Gasteiger charge is 2.13. The van der Waals surface area contributed by atoms with Crippen LogP contribution in [-0.2, 0) is 6.54 Å². The second-order valence-electron chi connectivity index (χ2n) is 4.85. The van der Waals surface area contributed by atoms with E-state index in [0.29, 0.717) is 11.7 Å². The van der Waals surface area contributed by atoms with Crippen LogP contribution >= 0.6 is 11.6 Å². The van der Waals surface area contributed by atoms with Gasteiger partial charge in [-0.25, -0.2) is 4.98 Å². The molecule has 3 aromatic rings. The molecular weight excluding hydrogens is 282 g/mol. The van der Waals surface area contributed by atoms with Gasteiger partial charge < -0.3 is 5.73 Å². The predicted octanol–water partition coefficient (Wildman–Crippen LogP) is 3.96. The zero-order chi connectivity index (χ0) is 14.8. The van der Waals surface area contributed by atoms with E-state index in [4.69, 9.17) is 17.3 Å². The highest BCUT2D eigenvalue weighted by molar-refractivity contribution is 6.29. The number of hydrogen-bond donors (Lipinski definition) is 1. The van der Waals surface area contributed by atoms with Crippen LogP contribution in [0.3, 0.4) is 0 Å². The molecule has 0 unspecified atom stereocenters. The molecule has 106 valence electrons. The van der Waals surface area contributed by atoms with Gasteiger partial charge in [-0.05, 0) is 29.7 Å². The third kappa shape index (κ3) is 2.46.